The summed E-state index contributed by atoms with van der Waals surface area (Å²) in [4.78, 5) is 22.3. The number of nitrogens with zero attached hydrogens (tertiary/aromatic N) is 2. The largest absolute Gasteiger partial charge is 0.444 e. The monoisotopic (exact) mass is 431 g/mol. The van der Waals surface area contributed by atoms with Crippen LogP contribution in [0, 0.1) is 17.6 Å². The number of aryl methyl sites for hydroxylation is 1. The summed E-state index contributed by atoms with van der Waals surface area (Å²) in [6.07, 6.45) is 5.38. The van der Waals surface area contributed by atoms with Crippen molar-refractivity contribution in [1.82, 2.24) is 9.88 Å². The van der Waals surface area contributed by atoms with Gasteiger partial charge in [-0.2, -0.15) is 0 Å². The molecule has 1 aliphatic carbocycles. The van der Waals surface area contributed by atoms with Gasteiger partial charge in [-0.15, -0.1) is 0 Å². The first-order valence-electron chi connectivity index (χ1n) is 11.2. The Bertz CT molecular complexity index is 1010. The van der Waals surface area contributed by atoms with Gasteiger partial charge in [-0.05, 0) is 76.8 Å². The minimum Gasteiger partial charge on any atom is -0.444 e. The van der Waals surface area contributed by atoms with E-state index in [0.717, 1.165) is 67.4 Å². The molecule has 7 heteroatoms. The third-order valence-corrected chi connectivity index (χ3v) is 6.09. The lowest BCUT2D eigenvalue weighted by molar-refractivity contribution is 0.0163. The van der Waals surface area contributed by atoms with Crippen molar-refractivity contribution in [1.29, 1.82) is 0 Å². The van der Waals surface area contributed by atoms with Crippen molar-refractivity contribution in [2.45, 2.75) is 64.9 Å². The summed E-state index contributed by atoms with van der Waals surface area (Å²) in [5.74, 6) is -1.25. The zero-order valence-electron chi connectivity index (χ0n) is 18.6. The number of amides is 1. The van der Waals surface area contributed by atoms with E-state index in [1.54, 1.807) is 0 Å². The highest BCUT2D eigenvalue weighted by Crippen LogP contribution is 2.31. The molecule has 1 atom stereocenters. The van der Waals surface area contributed by atoms with Crippen LogP contribution in [0.3, 0.4) is 0 Å². The zero-order chi connectivity index (χ0) is 22.2. The summed E-state index contributed by atoms with van der Waals surface area (Å²) in [7, 11) is 0. The molecule has 1 unspecified atom stereocenters. The van der Waals surface area contributed by atoms with E-state index >= 15 is 0 Å². The number of benzene rings is 1. The topological polar surface area (TPSA) is 57.7 Å². The highest BCUT2D eigenvalue weighted by molar-refractivity contribution is 6.06. The summed E-state index contributed by atoms with van der Waals surface area (Å²) in [5, 5.41) is 0.751. The minimum absolute atomic E-state index is 0.238. The average molecular weight is 432 g/mol. The van der Waals surface area contributed by atoms with Crippen molar-refractivity contribution in [2.24, 2.45) is 10.9 Å². The van der Waals surface area contributed by atoms with Crippen LogP contribution < -0.4 is 0 Å². The zero-order valence-corrected chi connectivity index (χ0v) is 18.6. The molecule has 1 N–H and O–H groups in total. The lowest BCUT2D eigenvalue weighted by Gasteiger charge is -2.34. The lowest BCUT2D eigenvalue weighted by atomic mass is 9.93. The van der Waals surface area contributed by atoms with Crippen molar-refractivity contribution in [3.63, 3.8) is 0 Å². The molecule has 0 radical (unpaired) electrons. The fourth-order valence-corrected chi connectivity index (χ4v) is 4.64. The van der Waals surface area contributed by atoms with Crippen LogP contribution in [0.2, 0.25) is 0 Å². The molecule has 1 aliphatic heterocycles. The fraction of sp³-hybridized carbons (Fsp3) is 0.583. The van der Waals surface area contributed by atoms with Crippen LogP contribution in [0.4, 0.5) is 13.6 Å². The summed E-state index contributed by atoms with van der Waals surface area (Å²) in [6, 6.07) is 2.52. The summed E-state index contributed by atoms with van der Waals surface area (Å²) < 4.78 is 32.9. The van der Waals surface area contributed by atoms with Gasteiger partial charge in [-0.1, -0.05) is 0 Å². The van der Waals surface area contributed by atoms with Crippen molar-refractivity contribution in [3.8, 4) is 0 Å². The molecule has 1 amide bonds. The standard InChI is InChI=1S/C24H31F2N3O2/c1-24(2,3)31-23(30)29-11-5-6-15(14-29)9-10-27-20-8-4-7-16-17-12-18(25)19(26)13-21(17)28-22(16)20/h12-13,15,28H,4-11,14H2,1-3H3/b27-20+. The Labute approximate surface area is 181 Å². The van der Waals surface area contributed by atoms with Gasteiger partial charge >= 0.3 is 6.09 Å². The molecule has 0 bridgehead atoms. The molecule has 2 heterocycles. The van der Waals surface area contributed by atoms with Crippen LogP contribution in [-0.4, -0.2) is 46.9 Å². The number of rotatable bonds is 3. The smallest absolute Gasteiger partial charge is 0.410 e. The summed E-state index contributed by atoms with van der Waals surface area (Å²) in [6.45, 7) is 7.77. The third-order valence-electron chi connectivity index (χ3n) is 6.09. The van der Waals surface area contributed by atoms with Crippen LogP contribution >= 0.6 is 0 Å². The maximum absolute atomic E-state index is 13.7. The van der Waals surface area contributed by atoms with E-state index in [0.29, 0.717) is 24.5 Å². The van der Waals surface area contributed by atoms with Crippen molar-refractivity contribution in [3.05, 3.63) is 35.0 Å². The van der Waals surface area contributed by atoms with Gasteiger partial charge in [0.25, 0.3) is 0 Å². The summed E-state index contributed by atoms with van der Waals surface area (Å²) in [5.41, 5.74) is 3.08. The highest BCUT2D eigenvalue weighted by atomic mass is 19.2. The first kappa shape index (κ1) is 21.8. The van der Waals surface area contributed by atoms with Crippen molar-refractivity contribution >= 4 is 22.7 Å². The van der Waals surface area contributed by atoms with Gasteiger partial charge < -0.3 is 14.6 Å². The second-order valence-electron chi connectivity index (χ2n) is 9.70. The predicted molar refractivity (Wildman–Crippen MR) is 118 cm³/mol. The SMILES string of the molecule is CC(C)(C)OC(=O)N1CCCC(CC/N=C2\CCCc3c2[nH]c2cc(F)c(F)cc32)C1. The number of ether oxygens (including phenoxy) is 1. The van der Waals surface area contributed by atoms with E-state index in [1.165, 1.54) is 12.1 Å². The number of aromatic nitrogens is 1. The maximum atomic E-state index is 13.7. The first-order valence-corrected chi connectivity index (χ1v) is 11.2. The number of likely N-dealkylation sites (tertiary alicyclic amines) is 1. The van der Waals surface area contributed by atoms with Crippen LogP contribution in [0.1, 0.15) is 64.1 Å². The molecule has 0 spiro atoms. The van der Waals surface area contributed by atoms with Crippen LogP contribution in [0.25, 0.3) is 10.9 Å². The molecular formula is C24H31F2N3O2. The van der Waals surface area contributed by atoms with E-state index in [4.69, 9.17) is 9.73 Å². The Kier molecular flexibility index (Phi) is 6.04. The number of halogens is 2. The molecule has 2 aliphatic rings. The molecule has 168 valence electrons. The normalized spacial score (nSPS) is 20.9. The number of hydrogen-bond acceptors (Lipinski definition) is 3. The molecule has 1 fully saturated rings. The number of aromatic amines is 1. The van der Waals surface area contributed by atoms with Gasteiger partial charge in [0.1, 0.15) is 5.60 Å². The number of fused-ring (bicyclic) bond motifs is 3. The summed E-state index contributed by atoms with van der Waals surface area (Å²) >= 11 is 0. The molecule has 1 aromatic heterocycles. The predicted octanol–water partition coefficient (Wildman–Crippen LogP) is 5.61. The van der Waals surface area contributed by atoms with Crippen LogP contribution in [0.5, 0.6) is 0 Å². The molecular weight excluding hydrogens is 400 g/mol. The van der Waals surface area contributed by atoms with Crippen molar-refractivity contribution in [2.75, 3.05) is 19.6 Å². The Morgan fingerprint density at radius 1 is 1.23 bits per heavy atom. The van der Waals surface area contributed by atoms with Gasteiger partial charge in [-0.25, -0.2) is 13.6 Å². The number of H-pyrrole nitrogens is 1. The quantitative estimate of drug-likeness (QED) is 0.687. The average Bonchev–Trinajstić information content (AvgIpc) is 3.05. The van der Waals surface area contributed by atoms with Crippen LogP contribution in [-0.2, 0) is 11.2 Å². The second-order valence-corrected chi connectivity index (χ2v) is 9.70. The van der Waals surface area contributed by atoms with E-state index in [1.807, 2.05) is 25.7 Å². The minimum atomic E-state index is -0.837. The molecule has 4 rings (SSSR count). The molecule has 1 saturated heterocycles. The lowest BCUT2D eigenvalue weighted by Crippen LogP contribution is -2.43. The Hall–Kier alpha value is -2.44. The Balaban J connectivity index is 1.41. The van der Waals surface area contributed by atoms with E-state index in [2.05, 4.69) is 4.98 Å². The van der Waals surface area contributed by atoms with Gasteiger partial charge in [0.2, 0.25) is 0 Å². The molecule has 31 heavy (non-hydrogen) atoms. The van der Waals surface area contributed by atoms with Gasteiger partial charge in [-0.3, -0.25) is 4.99 Å². The number of aliphatic imine (C=N–C) groups is 1. The third kappa shape index (κ3) is 4.91. The van der Waals surface area contributed by atoms with E-state index in [-0.39, 0.29) is 6.09 Å². The van der Waals surface area contributed by atoms with Gasteiger partial charge in [0.15, 0.2) is 11.6 Å². The van der Waals surface area contributed by atoms with Crippen LogP contribution in [0.15, 0.2) is 17.1 Å². The number of carbonyl (C=O) groups is 1. The maximum Gasteiger partial charge on any atom is 0.410 e. The number of nitrogens with one attached hydrogen (secondary N) is 1. The van der Waals surface area contributed by atoms with E-state index < -0.39 is 17.2 Å². The Morgan fingerprint density at radius 3 is 2.77 bits per heavy atom. The number of carbonyl (C=O) groups excluding carboxylic acids is 1. The van der Waals surface area contributed by atoms with Crippen molar-refractivity contribution < 1.29 is 18.3 Å². The molecule has 1 aromatic carbocycles. The highest BCUT2D eigenvalue weighted by Gasteiger charge is 2.27. The van der Waals surface area contributed by atoms with Gasteiger partial charge in [0.05, 0.1) is 11.4 Å². The van der Waals surface area contributed by atoms with E-state index in [9.17, 15) is 13.6 Å². The number of piperidine rings is 1. The van der Waals surface area contributed by atoms with Gasteiger partial charge in [0, 0.05) is 36.6 Å². The number of hydrogen-bond donors (Lipinski definition) is 1. The molecule has 0 saturated carbocycles. The fourth-order valence-electron chi connectivity index (χ4n) is 4.64. The second kappa shape index (κ2) is 8.60. The molecule has 5 nitrogen and oxygen atoms in total. The Morgan fingerprint density at radius 2 is 2.00 bits per heavy atom. The molecule has 2 aromatic rings. The first-order chi connectivity index (χ1) is 14.7.